The number of hydrogen-bond donors (Lipinski definition) is 0. The van der Waals surface area contributed by atoms with Crippen molar-refractivity contribution in [3.8, 4) is 11.8 Å². The molecule has 0 spiro atoms. The van der Waals surface area contributed by atoms with Crippen LogP contribution in [0.2, 0.25) is 5.02 Å². The molecule has 0 saturated carbocycles. The number of fused-ring (bicyclic) bond motifs is 1. The van der Waals surface area contributed by atoms with Crippen LogP contribution >= 0.6 is 11.6 Å². The number of allylic oxidation sites excluding steroid dienone is 2. The molecule has 0 N–H and O–H groups in total. The van der Waals surface area contributed by atoms with Gasteiger partial charge < -0.3 is 9.64 Å². The predicted molar refractivity (Wildman–Crippen MR) is 107 cm³/mol. The van der Waals surface area contributed by atoms with E-state index in [0.29, 0.717) is 24.7 Å². The number of ether oxygens (including phenoxy) is 1. The van der Waals surface area contributed by atoms with Crippen LogP contribution < -0.4 is 0 Å². The second-order valence-corrected chi connectivity index (χ2v) is 7.87. The highest BCUT2D eigenvalue weighted by atomic mass is 35.5. The Hall–Kier alpha value is -2.60. The number of amides is 1. The molecule has 2 heterocycles. The van der Waals surface area contributed by atoms with Gasteiger partial charge in [0.15, 0.2) is 0 Å². The Bertz CT molecular complexity index is 893. The maximum Gasteiger partial charge on any atom is 0.410 e. The van der Waals surface area contributed by atoms with Gasteiger partial charge in [0.1, 0.15) is 5.60 Å². The van der Waals surface area contributed by atoms with Gasteiger partial charge in [-0.3, -0.25) is 4.90 Å². The van der Waals surface area contributed by atoms with Crippen molar-refractivity contribution in [1.29, 1.82) is 0 Å². The number of carbonyl (C=O) groups is 1. The summed E-state index contributed by atoms with van der Waals surface area (Å²) in [5.74, 6) is 6.43. The van der Waals surface area contributed by atoms with E-state index in [1.165, 1.54) is 0 Å². The molecule has 1 aromatic rings. The summed E-state index contributed by atoms with van der Waals surface area (Å²) in [6.07, 6.45) is 4.51. The summed E-state index contributed by atoms with van der Waals surface area (Å²) in [5.41, 5.74) is 5.52. The molecule has 2 aliphatic rings. The monoisotopic (exact) mass is 382 g/mol. The molecule has 1 amide bonds. The van der Waals surface area contributed by atoms with Crippen molar-refractivity contribution in [3.63, 3.8) is 0 Å². The molecule has 1 saturated heterocycles. The van der Waals surface area contributed by atoms with Gasteiger partial charge in [0.2, 0.25) is 0 Å². The largest absolute Gasteiger partial charge is 0.444 e. The number of benzene rings is 1. The smallest absolute Gasteiger partial charge is 0.410 e. The van der Waals surface area contributed by atoms with Gasteiger partial charge in [0, 0.05) is 23.7 Å². The molecule has 0 bridgehead atoms. The molecule has 2 aliphatic heterocycles. The summed E-state index contributed by atoms with van der Waals surface area (Å²) in [5, 5.41) is 0.671. The third-order valence-electron chi connectivity index (χ3n) is 4.06. The quantitative estimate of drug-likeness (QED) is 0.486. The fourth-order valence-electron chi connectivity index (χ4n) is 2.85. The van der Waals surface area contributed by atoms with Crippen LogP contribution in [0.25, 0.3) is 0 Å². The summed E-state index contributed by atoms with van der Waals surface area (Å²) in [6.45, 7) is 7.32. The maximum atomic E-state index is 12.4. The molecule has 1 aromatic carbocycles. The van der Waals surface area contributed by atoms with Crippen LogP contribution in [-0.4, -0.2) is 41.1 Å². The van der Waals surface area contributed by atoms with Gasteiger partial charge in [-0.15, -0.1) is 5.73 Å². The van der Waals surface area contributed by atoms with E-state index in [2.05, 4.69) is 28.5 Å². The van der Waals surface area contributed by atoms with Crippen molar-refractivity contribution in [2.75, 3.05) is 19.6 Å². The highest BCUT2D eigenvalue weighted by molar-refractivity contribution is 6.30. The molecule has 0 unspecified atom stereocenters. The van der Waals surface area contributed by atoms with Gasteiger partial charge in [-0.25, -0.2) is 4.79 Å². The fraction of sp³-hybridized carbons (Fsp3) is 0.364. The standard InChI is InChI=1S/C22H23ClN2O2/c1-22(2,3)27-21(26)24-13-14-25-19(9-4-5-10-20(25)16-24)12-11-17-7-6-8-18(23)15-17/h5-9,15H,4,13-14,16H2,1-3H3. The molecule has 4 nitrogen and oxygen atoms in total. The molecule has 3 rings (SSSR count). The van der Waals surface area contributed by atoms with Crippen LogP contribution in [0.5, 0.6) is 0 Å². The zero-order valence-corrected chi connectivity index (χ0v) is 16.6. The van der Waals surface area contributed by atoms with Gasteiger partial charge in [0.05, 0.1) is 17.9 Å². The summed E-state index contributed by atoms with van der Waals surface area (Å²) in [4.78, 5) is 16.2. The van der Waals surface area contributed by atoms with Crippen molar-refractivity contribution in [1.82, 2.24) is 9.80 Å². The number of rotatable bonds is 0. The molecular weight excluding hydrogens is 360 g/mol. The lowest BCUT2D eigenvalue weighted by Crippen LogP contribution is -2.48. The molecule has 0 aliphatic carbocycles. The van der Waals surface area contributed by atoms with Crippen LogP contribution in [0.4, 0.5) is 4.79 Å². The van der Waals surface area contributed by atoms with Crippen LogP contribution in [-0.2, 0) is 4.74 Å². The van der Waals surface area contributed by atoms with Crippen molar-refractivity contribution in [2.24, 2.45) is 0 Å². The van der Waals surface area contributed by atoms with Crippen LogP contribution in [0.1, 0.15) is 32.8 Å². The summed E-state index contributed by atoms with van der Waals surface area (Å²) in [7, 11) is 0. The Morgan fingerprint density at radius 1 is 1.26 bits per heavy atom. The lowest BCUT2D eigenvalue weighted by atomic mass is 10.2. The second-order valence-electron chi connectivity index (χ2n) is 7.43. The van der Waals surface area contributed by atoms with Crippen LogP contribution in [0, 0.1) is 11.8 Å². The minimum Gasteiger partial charge on any atom is -0.444 e. The van der Waals surface area contributed by atoms with E-state index < -0.39 is 5.60 Å². The molecule has 140 valence electrons. The molecule has 0 atom stereocenters. The Balaban J connectivity index is 1.75. The average Bonchev–Trinajstić information content (AvgIpc) is 2.80. The summed E-state index contributed by atoms with van der Waals surface area (Å²) >= 11 is 6.03. The molecule has 0 aromatic heterocycles. The van der Waals surface area contributed by atoms with E-state index in [-0.39, 0.29) is 6.09 Å². The zero-order valence-electron chi connectivity index (χ0n) is 15.9. The van der Waals surface area contributed by atoms with Gasteiger partial charge in [-0.1, -0.05) is 23.6 Å². The molecule has 0 radical (unpaired) electrons. The Kier molecular flexibility index (Phi) is 5.65. The molecule has 5 heteroatoms. The highest BCUT2D eigenvalue weighted by Gasteiger charge is 2.29. The summed E-state index contributed by atoms with van der Waals surface area (Å²) in [6, 6.07) is 7.51. The topological polar surface area (TPSA) is 32.8 Å². The van der Waals surface area contributed by atoms with Gasteiger partial charge in [-0.2, -0.15) is 0 Å². The van der Waals surface area contributed by atoms with Gasteiger partial charge >= 0.3 is 6.09 Å². The predicted octanol–water partition coefficient (Wildman–Crippen LogP) is 4.57. The van der Waals surface area contributed by atoms with E-state index in [0.717, 1.165) is 23.4 Å². The molecule has 1 fully saturated rings. The lowest BCUT2D eigenvalue weighted by molar-refractivity contribution is 0.0214. The first-order valence-electron chi connectivity index (χ1n) is 8.99. The first-order valence-corrected chi connectivity index (χ1v) is 9.37. The summed E-state index contributed by atoms with van der Waals surface area (Å²) < 4.78 is 5.49. The van der Waals surface area contributed by atoms with Crippen molar-refractivity contribution in [3.05, 3.63) is 64.1 Å². The van der Waals surface area contributed by atoms with Crippen LogP contribution in [0.15, 0.2) is 53.5 Å². The highest BCUT2D eigenvalue weighted by Crippen LogP contribution is 2.22. The lowest BCUT2D eigenvalue weighted by Gasteiger charge is -2.37. The third-order valence-corrected chi connectivity index (χ3v) is 4.29. The number of piperazine rings is 1. The van der Waals surface area contributed by atoms with E-state index in [9.17, 15) is 4.79 Å². The van der Waals surface area contributed by atoms with Crippen molar-refractivity contribution in [2.45, 2.75) is 32.8 Å². The zero-order chi connectivity index (χ0) is 19.4. The average molecular weight is 383 g/mol. The minimum absolute atomic E-state index is 0.295. The minimum atomic E-state index is -0.505. The first kappa shape index (κ1) is 19.2. The van der Waals surface area contributed by atoms with Crippen LogP contribution in [0.3, 0.4) is 0 Å². The van der Waals surface area contributed by atoms with Gasteiger partial charge in [0.25, 0.3) is 0 Å². The number of carbonyl (C=O) groups excluding carboxylic acids is 1. The Morgan fingerprint density at radius 3 is 2.81 bits per heavy atom. The maximum absolute atomic E-state index is 12.4. The second kappa shape index (κ2) is 7.96. The van der Waals surface area contributed by atoms with Crippen molar-refractivity contribution < 1.29 is 9.53 Å². The van der Waals surface area contributed by atoms with E-state index >= 15 is 0 Å². The van der Waals surface area contributed by atoms with Gasteiger partial charge in [-0.05, 0) is 63.5 Å². The third kappa shape index (κ3) is 5.20. The normalized spacial score (nSPS) is 16.4. The van der Waals surface area contributed by atoms with Crippen molar-refractivity contribution >= 4 is 17.7 Å². The number of hydrogen-bond acceptors (Lipinski definition) is 3. The Morgan fingerprint density at radius 2 is 2.07 bits per heavy atom. The number of nitrogens with zero attached hydrogens (tertiary/aromatic N) is 2. The first-order chi connectivity index (χ1) is 12.8. The van der Waals surface area contributed by atoms with E-state index in [1.54, 1.807) is 4.90 Å². The SMILES string of the molecule is CC(C)(C)OC(=O)N1CCN2C(=C=CCC=C2C#Cc2cccc(Cl)c2)C1. The number of halogens is 1. The fourth-order valence-corrected chi connectivity index (χ4v) is 3.04. The molecule has 27 heavy (non-hydrogen) atoms. The van der Waals surface area contributed by atoms with E-state index in [1.807, 2.05) is 51.1 Å². The molecular formula is C22H23ClN2O2. The van der Waals surface area contributed by atoms with E-state index in [4.69, 9.17) is 16.3 Å². The Labute approximate surface area is 165 Å².